The number of benzene rings is 1. The molecule has 3 aliphatic heterocycles. The predicted molar refractivity (Wildman–Crippen MR) is 137 cm³/mol. The van der Waals surface area contributed by atoms with Crippen molar-refractivity contribution in [1.82, 2.24) is 15.5 Å². The smallest absolute Gasteiger partial charge is 0.315 e. The van der Waals surface area contributed by atoms with Gasteiger partial charge in [0.1, 0.15) is 5.60 Å². The lowest BCUT2D eigenvalue weighted by molar-refractivity contribution is -0.0748. The molecule has 2 amide bonds. The summed E-state index contributed by atoms with van der Waals surface area (Å²) in [7, 11) is 1.68. The third-order valence-corrected chi connectivity index (χ3v) is 8.26. The van der Waals surface area contributed by atoms with Crippen LogP contribution in [-0.4, -0.2) is 67.6 Å². The Bertz CT molecular complexity index is 905. The summed E-state index contributed by atoms with van der Waals surface area (Å²) in [5, 5.41) is 6.72. The van der Waals surface area contributed by atoms with E-state index >= 15 is 0 Å². The maximum Gasteiger partial charge on any atom is 0.315 e. The molecule has 3 heterocycles. The van der Waals surface area contributed by atoms with Crippen molar-refractivity contribution in [2.75, 3.05) is 40.0 Å². The van der Waals surface area contributed by atoms with E-state index in [1.165, 1.54) is 11.1 Å². The number of hydrogen-bond acceptors (Lipinski definition) is 4. The number of amides is 2. The summed E-state index contributed by atoms with van der Waals surface area (Å²) in [6, 6.07) is 10.2. The second-order valence-electron chi connectivity index (χ2n) is 10.6. The standard InChI is InChI=1S/C28H41N3O3/c1-5-27(21-31-17-13-24(27)14-18-31)30-25(32)29-26(2,3)28(34-20-19-33-4)15-11-23(12-16-28)22-9-7-6-8-10-22/h6-12,15,24H,5,13-14,16-21H2,1-4H3,(H2,29,30,32). The average molecular weight is 468 g/mol. The number of carbonyl (C=O) groups excluding carboxylic acids is 1. The van der Waals surface area contributed by atoms with Crippen molar-refractivity contribution in [2.45, 2.75) is 63.1 Å². The van der Waals surface area contributed by atoms with E-state index in [2.05, 4.69) is 78.8 Å². The first kappa shape index (κ1) is 25.0. The van der Waals surface area contributed by atoms with E-state index in [9.17, 15) is 4.79 Å². The number of rotatable bonds is 9. The minimum atomic E-state index is -0.671. The number of hydrogen-bond donors (Lipinski definition) is 2. The molecule has 4 aliphatic rings. The van der Waals surface area contributed by atoms with Gasteiger partial charge in [-0.1, -0.05) is 49.4 Å². The van der Waals surface area contributed by atoms with Crippen molar-refractivity contribution >= 4 is 11.6 Å². The van der Waals surface area contributed by atoms with Gasteiger partial charge in [0, 0.05) is 20.1 Å². The maximum absolute atomic E-state index is 13.4. The lowest BCUT2D eigenvalue weighted by Gasteiger charge is -2.54. The molecule has 6 nitrogen and oxygen atoms in total. The highest BCUT2D eigenvalue weighted by atomic mass is 16.5. The van der Waals surface area contributed by atoms with Crippen LogP contribution >= 0.6 is 0 Å². The first-order chi connectivity index (χ1) is 16.3. The molecule has 2 N–H and O–H groups in total. The highest BCUT2D eigenvalue weighted by Gasteiger charge is 2.49. The van der Waals surface area contributed by atoms with Crippen LogP contribution in [0.1, 0.15) is 52.0 Å². The first-order valence-electron chi connectivity index (χ1n) is 12.7. The van der Waals surface area contributed by atoms with E-state index in [1.54, 1.807) is 7.11 Å². The Balaban J connectivity index is 1.50. The number of methoxy groups -OCH3 is 1. The zero-order valence-corrected chi connectivity index (χ0v) is 21.2. The molecular weight excluding hydrogens is 426 g/mol. The van der Waals surface area contributed by atoms with E-state index in [0.717, 1.165) is 38.9 Å². The quantitative estimate of drug-likeness (QED) is 0.529. The van der Waals surface area contributed by atoms with E-state index in [1.807, 2.05) is 6.07 Å². The molecule has 2 bridgehead atoms. The van der Waals surface area contributed by atoms with E-state index in [0.29, 0.717) is 25.6 Å². The zero-order chi connectivity index (χ0) is 24.2. The van der Waals surface area contributed by atoms with Crippen LogP contribution in [-0.2, 0) is 9.47 Å². The van der Waals surface area contributed by atoms with Crippen LogP contribution in [0.5, 0.6) is 0 Å². The fraction of sp³-hybridized carbons (Fsp3) is 0.607. The van der Waals surface area contributed by atoms with Crippen LogP contribution in [0.25, 0.3) is 5.57 Å². The Morgan fingerprint density at radius 3 is 2.47 bits per heavy atom. The molecule has 1 aromatic carbocycles. The minimum absolute atomic E-state index is 0.110. The summed E-state index contributed by atoms with van der Waals surface area (Å²) in [6.45, 7) is 10.5. The first-order valence-corrected chi connectivity index (χ1v) is 12.7. The number of urea groups is 1. The lowest BCUT2D eigenvalue weighted by atomic mass is 9.71. The Kier molecular flexibility index (Phi) is 7.51. The van der Waals surface area contributed by atoms with Crippen molar-refractivity contribution in [1.29, 1.82) is 0 Å². The molecule has 2 unspecified atom stereocenters. The number of ether oxygens (including phenoxy) is 2. The van der Waals surface area contributed by atoms with Gasteiger partial charge >= 0.3 is 6.03 Å². The molecule has 186 valence electrons. The van der Waals surface area contributed by atoms with Crippen LogP contribution in [0.15, 0.2) is 48.6 Å². The molecule has 1 aromatic rings. The van der Waals surface area contributed by atoms with Crippen molar-refractivity contribution in [3.05, 3.63) is 54.1 Å². The van der Waals surface area contributed by atoms with E-state index in [4.69, 9.17) is 9.47 Å². The summed E-state index contributed by atoms with van der Waals surface area (Å²) in [5.41, 5.74) is 0.895. The van der Waals surface area contributed by atoms with Crippen LogP contribution in [0.3, 0.4) is 0 Å². The topological polar surface area (TPSA) is 62.8 Å². The SMILES string of the molecule is CCC1(NC(=O)NC(C)(C)C2(OCCOC)C=CC(c3ccccc3)=CC2)CN2CCC1CC2. The van der Waals surface area contributed by atoms with Gasteiger partial charge < -0.3 is 25.0 Å². The fourth-order valence-corrected chi connectivity index (χ4v) is 5.97. The van der Waals surface area contributed by atoms with E-state index < -0.39 is 11.1 Å². The Morgan fingerprint density at radius 1 is 1.18 bits per heavy atom. The zero-order valence-electron chi connectivity index (χ0n) is 21.2. The third-order valence-electron chi connectivity index (χ3n) is 8.26. The summed E-state index contributed by atoms with van der Waals surface area (Å²) < 4.78 is 11.7. The monoisotopic (exact) mass is 467 g/mol. The Labute approximate surface area is 204 Å². The molecule has 5 rings (SSSR count). The maximum atomic E-state index is 13.4. The van der Waals surface area contributed by atoms with Gasteiger partial charge in [0.15, 0.2) is 0 Å². The molecule has 2 atom stereocenters. The molecule has 3 saturated heterocycles. The van der Waals surface area contributed by atoms with Crippen molar-refractivity contribution in [3.63, 3.8) is 0 Å². The van der Waals surface area contributed by atoms with Crippen molar-refractivity contribution in [2.24, 2.45) is 5.92 Å². The van der Waals surface area contributed by atoms with Gasteiger partial charge in [0.05, 0.1) is 24.3 Å². The highest BCUT2D eigenvalue weighted by Crippen LogP contribution is 2.39. The van der Waals surface area contributed by atoms with Gasteiger partial charge in [-0.05, 0) is 69.3 Å². The normalized spacial score (nSPS) is 30.6. The van der Waals surface area contributed by atoms with Crippen LogP contribution in [0.4, 0.5) is 4.79 Å². The molecule has 3 fully saturated rings. The second-order valence-corrected chi connectivity index (χ2v) is 10.6. The third kappa shape index (κ3) is 4.95. The minimum Gasteiger partial charge on any atom is -0.382 e. The number of nitrogens with zero attached hydrogens (tertiary/aromatic N) is 1. The largest absolute Gasteiger partial charge is 0.382 e. The van der Waals surface area contributed by atoms with Gasteiger partial charge in [-0.15, -0.1) is 0 Å². The summed E-state index contributed by atoms with van der Waals surface area (Å²) in [4.78, 5) is 15.9. The van der Waals surface area contributed by atoms with Gasteiger partial charge in [0.25, 0.3) is 0 Å². The van der Waals surface area contributed by atoms with Gasteiger partial charge in [0.2, 0.25) is 0 Å². The highest BCUT2D eigenvalue weighted by molar-refractivity contribution is 5.78. The average Bonchev–Trinajstić information content (AvgIpc) is 2.85. The summed E-state index contributed by atoms with van der Waals surface area (Å²) in [6.07, 6.45) is 10.4. The molecule has 34 heavy (non-hydrogen) atoms. The molecule has 0 spiro atoms. The van der Waals surface area contributed by atoms with Gasteiger partial charge in [-0.25, -0.2) is 4.79 Å². The van der Waals surface area contributed by atoms with Crippen molar-refractivity contribution < 1.29 is 14.3 Å². The van der Waals surface area contributed by atoms with Crippen LogP contribution in [0.2, 0.25) is 0 Å². The Morgan fingerprint density at radius 2 is 1.91 bits per heavy atom. The van der Waals surface area contributed by atoms with Crippen molar-refractivity contribution in [3.8, 4) is 0 Å². The van der Waals surface area contributed by atoms with Gasteiger partial charge in [-0.3, -0.25) is 0 Å². The molecule has 0 saturated carbocycles. The number of piperidine rings is 3. The van der Waals surface area contributed by atoms with Gasteiger partial charge in [-0.2, -0.15) is 0 Å². The Hall–Kier alpha value is -2.15. The molecule has 1 aliphatic carbocycles. The van der Waals surface area contributed by atoms with E-state index in [-0.39, 0.29) is 11.6 Å². The summed E-state index contributed by atoms with van der Waals surface area (Å²) >= 11 is 0. The molecule has 6 heteroatoms. The van der Waals surface area contributed by atoms with Crippen LogP contribution in [0, 0.1) is 5.92 Å². The second kappa shape index (κ2) is 10.2. The van der Waals surface area contributed by atoms with Crippen LogP contribution < -0.4 is 10.6 Å². The number of carbonyl (C=O) groups is 1. The fourth-order valence-electron chi connectivity index (χ4n) is 5.97. The number of nitrogens with one attached hydrogen (secondary N) is 2. The molecule has 0 radical (unpaired) electrons. The number of fused-ring (bicyclic) bond motifs is 3. The number of allylic oxidation sites excluding steroid dienone is 2. The lowest BCUT2D eigenvalue weighted by Crippen LogP contribution is -2.70. The molecular formula is C28H41N3O3. The summed E-state index contributed by atoms with van der Waals surface area (Å²) in [5.74, 6) is 0.550. The predicted octanol–water partition coefficient (Wildman–Crippen LogP) is 4.38. The molecule has 0 aromatic heterocycles.